The number of ketones is 2. The molecule has 1 N–H and O–H groups in total. The molecule has 0 aliphatic heterocycles. The van der Waals surface area contributed by atoms with Gasteiger partial charge in [-0.25, -0.2) is 0 Å². The van der Waals surface area contributed by atoms with Crippen LogP contribution < -0.4 is 0 Å². The van der Waals surface area contributed by atoms with Crippen LogP contribution in [0, 0.1) is 0 Å². The predicted octanol–water partition coefficient (Wildman–Crippen LogP) is 6.09. The standard InChI is InChI=1S/C14H2Cl6O3/c15-2-1-3(16)12(21)7-4(2)13(22)5-6(14(7)23)9(18)11(20)10(19)8(5)17/h1,21H. The van der Waals surface area contributed by atoms with Gasteiger partial charge in [-0.2, -0.15) is 0 Å². The number of carbonyl (C=O) groups excluding carboxylic acids is 2. The summed E-state index contributed by atoms with van der Waals surface area (Å²) < 4.78 is 0. The number of fused-ring (bicyclic) bond motifs is 2. The average molecular weight is 431 g/mol. The maximum absolute atomic E-state index is 12.7. The van der Waals surface area contributed by atoms with Gasteiger partial charge in [-0.3, -0.25) is 9.59 Å². The van der Waals surface area contributed by atoms with Crippen molar-refractivity contribution in [3.8, 4) is 5.75 Å². The fourth-order valence-corrected chi connectivity index (χ4v) is 3.93. The lowest BCUT2D eigenvalue weighted by Gasteiger charge is -2.23. The molecule has 0 bridgehead atoms. The lowest BCUT2D eigenvalue weighted by atomic mass is 9.83. The molecule has 0 saturated carbocycles. The Morgan fingerprint density at radius 2 is 1.04 bits per heavy atom. The summed E-state index contributed by atoms with van der Waals surface area (Å²) in [6, 6.07) is 1.15. The molecule has 1 aliphatic carbocycles. The molecular weight excluding hydrogens is 429 g/mol. The first-order chi connectivity index (χ1) is 10.7. The Morgan fingerprint density at radius 3 is 1.52 bits per heavy atom. The van der Waals surface area contributed by atoms with Gasteiger partial charge in [-0.05, 0) is 6.07 Å². The fraction of sp³-hybridized carbons (Fsp3) is 0. The van der Waals surface area contributed by atoms with E-state index in [1.807, 2.05) is 0 Å². The van der Waals surface area contributed by atoms with Crippen LogP contribution in [0.15, 0.2) is 6.07 Å². The monoisotopic (exact) mass is 428 g/mol. The zero-order valence-electron chi connectivity index (χ0n) is 10.6. The van der Waals surface area contributed by atoms with Crippen molar-refractivity contribution in [1.29, 1.82) is 0 Å². The van der Waals surface area contributed by atoms with E-state index in [1.165, 1.54) is 0 Å². The molecule has 3 rings (SSSR count). The summed E-state index contributed by atoms with van der Waals surface area (Å²) in [5.74, 6) is -2.06. The highest BCUT2D eigenvalue weighted by atomic mass is 35.5. The van der Waals surface area contributed by atoms with E-state index in [0.29, 0.717) is 0 Å². The van der Waals surface area contributed by atoms with Crippen LogP contribution in [0.25, 0.3) is 0 Å². The summed E-state index contributed by atoms with van der Waals surface area (Å²) in [5.41, 5.74) is -1.04. The van der Waals surface area contributed by atoms with Crippen LogP contribution in [0.3, 0.4) is 0 Å². The summed E-state index contributed by atoms with van der Waals surface area (Å²) in [6.45, 7) is 0. The first-order valence-corrected chi connectivity index (χ1v) is 8.11. The number of hydrogen-bond donors (Lipinski definition) is 1. The van der Waals surface area contributed by atoms with Gasteiger partial charge in [-0.15, -0.1) is 0 Å². The van der Waals surface area contributed by atoms with Gasteiger partial charge >= 0.3 is 0 Å². The molecule has 118 valence electrons. The van der Waals surface area contributed by atoms with Gasteiger partial charge in [0.2, 0.25) is 0 Å². The van der Waals surface area contributed by atoms with E-state index in [0.717, 1.165) is 6.07 Å². The molecule has 0 fully saturated rings. The van der Waals surface area contributed by atoms with Crippen molar-refractivity contribution in [1.82, 2.24) is 0 Å². The van der Waals surface area contributed by atoms with Gasteiger partial charge in [0.05, 0.1) is 52.4 Å². The van der Waals surface area contributed by atoms with Crippen molar-refractivity contribution in [3.63, 3.8) is 0 Å². The molecule has 23 heavy (non-hydrogen) atoms. The van der Waals surface area contributed by atoms with E-state index in [1.54, 1.807) is 0 Å². The Bertz CT molecular complexity index is 935. The number of phenols is 1. The zero-order chi connectivity index (χ0) is 17.2. The molecule has 0 amide bonds. The molecule has 0 atom stereocenters. The van der Waals surface area contributed by atoms with Gasteiger partial charge in [-0.1, -0.05) is 69.6 Å². The Morgan fingerprint density at radius 1 is 0.609 bits per heavy atom. The van der Waals surface area contributed by atoms with Crippen molar-refractivity contribution in [2.75, 3.05) is 0 Å². The molecule has 0 aromatic heterocycles. The largest absolute Gasteiger partial charge is 0.506 e. The first kappa shape index (κ1) is 17.2. The minimum absolute atomic E-state index is 0.106. The number of aromatic hydroxyl groups is 1. The predicted molar refractivity (Wildman–Crippen MR) is 91.5 cm³/mol. The number of rotatable bonds is 0. The molecule has 0 heterocycles. The highest BCUT2D eigenvalue weighted by molar-refractivity contribution is 6.56. The highest BCUT2D eigenvalue weighted by Crippen LogP contribution is 2.48. The molecule has 9 heteroatoms. The molecule has 0 unspecified atom stereocenters. The molecule has 0 radical (unpaired) electrons. The minimum Gasteiger partial charge on any atom is -0.506 e. The van der Waals surface area contributed by atoms with Crippen LogP contribution in [-0.4, -0.2) is 16.7 Å². The summed E-state index contributed by atoms with van der Waals surface area (Å²) in [4.78, 5) is 25.5. The molecule has 0 spiro atoms. The van der Waals surface area contributed by atoms with E-state index in [9.17, 15) is 14.7 Å². The average Bonchev–Trinajstić information content (AvgIpc) is 2.49. The Labute approximate surface area is 159 Å². The maximum Gasteiger partial charge on any atom is 0.199 e. The van der Waals surface area contributed by atoms with Gasteiger partial charge in [0, 0.05) is 0 Å². The lowest BCUT2D eigenvalue weighted by molar-refractivity contribution is 0.0977. The van der Waals surface area contributed by atoms with Crippen molar-refractivity contribution >= 4 is 81.2 Å². The number of carbonyl (C=O) groups is 2. The Balaban J connectivity index is 2.51. The quantitative estimate of drug-likeness (QED) is 0.347. The molecule has 2 aromatic rings. The Hall–Kier alpha value is -0.680. The second-order valence-corrected chi connectivity index (χ2v) is 6.93. The lowest BCUT2D eigenvalue weighted by Crippen LogP contribution is -2.23. The van der Waals surface area contributed by atoms with Gasteiger partial charge in [0.25, 0.3) is 0 Å². The fourth-order valence-electron chi connectivity index (χ4n) is 2.36. The van der Waals surface area contributed by atoms with Crippen LogP contribution in [0.4, 0.5) is 0 Å². The normalized spacial score (nSPS) is 13.1. The molecule has 3 nitrogen and oxygen atoms in total. The first-order valence-electron chi connectivity index (χ1n) is 5.84. The number of phenolic OH excluding ortho intramolecular Hbond substituents is 1. The van der Waals surface area contributed by atoms with Crippen molar-refractivity contribution in [2.45, 2.75) is 0 Å². The molecule has 0 saturated heterocycles. The van der Waals surface area contributed by atoms with Crippen LogP contribution >= 0.6 is 69.6 Å². The number of benzene rings is 2. The molecule has 1 aliphatic rings. The van der Waals surface area contributed by atoms with Crippen LogP contribution in [0.2, 0.25) is 30.1 Å². The second-order valence-electron chi connectivity index (χ2n) is 4.60. The summed E-state index contributed by atoms with van der Waals surface area (Å²) in [5, 5.41) is 8.99. The van der Waals surface area contributed by atoms with Crippen LogP contribution in [-0.2, 0) is 0 Å². The summed E-state index contributed by atoms with van der Waals surface area (Å²) in [7, 11) is 0. The minimum atomic E-state index is -0.776. The molecular formula is C14H2Cl6O3. The Kier molecular flexibility index (Phi) is 4.25. The highest BCUT2D eigenvalue weighted by Gasteiger charge is 2.39. The third kappa shape index (κ3) is 2.26. The van der Waals surface area contributed by atoms with E-state index < -0.39 is 17.3 Å². The smallest absolute Gasteiger partial charge is 0.199 e. The van der Waals surface area contributed by atoms with Crippen molar-refractivity contribution in [2.24, 2.45) is 0 Å². The molecule has 2 aromatic carbocycles. The van der Waals surface area contributed by atoms with Crippen LogP contribution in [0.1, 0.15) is 31.8 Å². The van der Waals surface area contributed by atoms with Crippen LogP contribution in [0.5, 0.6) is 5.75 Å². The SMILES string of the molecule is O=C1c2c(Cl)cc(Cl)c(O)c2C(=O)c2c(Cl)c(Cl)c(Cl)c(Cl)c21. The van der Waals surface area contributed by atoms with Crippen molar-refractivity contribution in [3.05, 3.63) is 58.5 Å². The van der Waals surface area contributed by atoms with Gasteiger partial charge in [0.1, 0.15) is 5.75 Å². The number of hydrogen-bond acceptors (Lipinski definition) is 3. The second kappa shape index (κ2) is 5.69. The van der Waals surface area contributed by atoms with Gasteiger partial charge < -0.3 is 5.11 Å². The summed E-state index contributed by atoms with van der Waals surface area (Å²) >= 11 is 35.8. The van der Waals surface area contributed by atoms with E-state index in [-0.39, 0.29) is 52.4 Å². The van der Waals surface area contributed by atoms with Crippen molar-refractivity contribution < 1.29 is 14.7 Å². The maximum atomic E-state index is 12.7. The zero-order valence-corrected chi connectivity index (χ0v) is 15.1. The van der Waals surface area contributed by atoms with E-state index >= 15 is 0 Å². The van der Waals surface area contributed by atoms with E-state index in [2.05, 4.69) is 0 Å². The third-order valence-corrected chi connectivity index (χ3v) is 5.77. The topological polar surface area (TPSA) is 54.4 Å². The summed E-state index contributed by atoms with van der Waals surface area (Å²) in [6.07, 6.45) is 0. The number of halogens is 6. The van der Waals surface area contributed by atoms with Gasteiger partial charge in [0.15, 0.2) is 11.6 Å². The third-order valence-electron chi connectivity index (χ3n) is 3.38. The van der Waals surface area contributed by atoms with E-state index in [4.69, 9.17) is 69.6 Å².